The summed E-state index contributed by atoms with van der Waals surface area (Å²) in [5, 5.41) is 0. The van der Waals surface area contributed by atoms with Crippen LogP contribution in [0.1, 0.15) is 33.5 Å². The molecule has 0 spiro atoms. The molecule has 4 aromatic carbocycles. The third-order valence-corrected chi connectivity index (χ3v) is 6.85. The number of benzene rings is 4. The monoisotopic (exact) mass is 522 g/mol. The maximum atomic E-state index is 13.2. The van der Waals surface area contributed by atoms with Crippen LogP contribution in [0.15, 0.2) is 121 Å². The first-order valence-corrected chi connectivity index (χ1v) is 13.4. The minimum Gasteiger partial charge on any atom is -0.374 e. The van der Waals surface area contributed by atoms with Crippen LogP contribution in [0.4, 0.5) is 0 Å². The molecule has 1 fully saturated rings. The van der Waals surface area contributed by atoms with E-state index < -0.39 is 18.3 Å². The zero-order valence-corrected chi connectivity index (χ0v) is 21.9. The van der Waals surface area contributed by atoms with Gasteiger partial charge in [-0.3, -0.25) is 4.79 Å². The van der Waals surface area contributed by atoms with Gasteiger partial charge in [0.25, 0.3) is 0 Å². The Morgan fingerprint density at radius 1 is 0.564 bits per heavy atom. The zero-order chi connectivity index (χ0) is 26.7. The summed E-state index contributed by atoms with van der Waals surface area (Å²) in [6, 6.07) is 39.4. The first-order valence-electron chi connectivity index (χ1n) is 13.4. The first-order chi connectivity index (χ1) is 19.3. The molecular weight excluding hydrogens is 488 g/mol. The van der Waals surface area contributed by atoms with Gasteiger partial charge in [-0.05, 0) is 16.7 Å². The fourth-order valence-electron chi connectivity index (χ4n) is 4.83. The molecule has 4 atom stereocenters. The lowest BCUT2D eigenvalue weighted by Crippen LogP contribution is -2.39. The SMILES string of the molecule is O=C(C[C@@H]1O[C@H](COCc2ccccc2)[C@@H](OCc2ccccc2)[C@@H]1OCc1ccccc1)c1ccccc1. The summed E-state index contributed by atoms with van der Waals surface area (Å²) in [4.78, 5) is 13.2. The van der Waals surface area contributed by atoms with E-state index in [0.717, 1.165) is 16.7 Å². The van der Waals surface area contributed by atoms with E-state index in [1.54, 1.807) is 0 Å². The van der Waals surface area contributed by atoms with Crippen LogP contribution in [0.25, 0.3) is 0 Å². The Morgan fingerprint density at radius 3 is 1.51 bits per heavy atom. The molecule has 0 bridgehead atoms. The third kappa shape index (κ3) is 7.71. The number of ether oxygens (including phenoxy) is 4. The minimum atomic E-state index is -0.465. The highest BCUT2D eigenvalue weighted by atomic mass is 16.6. The number of hydrogen-bond acceptors (Lipinski definition) is 5. The summed E-state index contributed by atoms with van der Waals surface area (Å²) in [7, 11) is 0. The summed E-state index contributed by atoms with van der Waals surface area (Å²) >= 11 is 0. The van der Waals surface area contributed by atoms with Crippen molar-refractivity contribution < 1.29 is 23.7 Å². The second-order valence-electron chi connectivity index (χ2n) is 9.73. The predicted molar refractivity (Wildman–Crippen MR) is 150 cm³/mol. The van der Waals surface area contributed by atoms with Crippen molar-refractivity contribution in [3.05, 3.63) is 144 Å². The lowest BCUT2D eigenvalue weighted by molar-refractivity contribution is -0.0898. The van der Waals surface area contributed by atoms with Gasteiger partial charge in [-0.15, -0.1) is 0 Å². The highest BCUT2D eigenvalue weighted by molar-refractivity contribution is 5.96. The first kappa shape index (κ1) is 27.0. The topological polar surface area (TPSA) is 54.0 Å². The molecule has 1 heterocycles. The van der Waals surface area contributed by atoms with E-state index in [9.17, 15) is 4.79 Å². The van der Waals surface area contributed by atoms with Gasteiger partial charge < -0.3 is 18.9 Å². The molecule has 5 nitrogen and oxygen atoms in total. The van der Waals surface area contributed by atoms with Crippen LogP contribution in [-0.4, -0.2) is 36.8 Å². The van der Waals surface area contributed by atoms with Crippen LogP contribution < -0.4 is 0 Å². The van der Waals surface area contributed by atoms with Gasteiger partial charge in [0.2, 0.25) is 0 Å². The fraction of sp³-hybridized carbons (Fsp3) is 0.265. The van der Waals surface area contributed by atoms with E-state index in [4.69, 9.17) is 18.9 Å². The second-order valence-corrected chi connectivity index (χ2v) is 9.73. The molecule has 0 aromatic heterocycles. The Balaban J connectivity index is 1.34. The molecule has 5 rings (SSSR count). The van der Waals surface area contributed by atoms with Crippen molar-refractivity contribution >= 4 is 5.78 Å². The number of carbonyl (C=O) groups excluding carboxylic acids is 1. The molecule has 1 aliphatic heterocycles. The van der Waals surface area contributed by atoms with Gasteiger partial charge in [0.05, 0.1) is 32.5 Å². The van der Waals surface area contributed by atoms with Crippen molar-refractivity contribution in [3.63, 3.8) is 0 Å². The summed E-state index contributed by atoms with van der Waals surface area (Å²) in [6.45, 7) is 1.60. The number of rotatable bonds is 13. The molecule has 5 heteroatoms. The van der Waals surface area contributed by atoms with E-state index in [2.05, 4.69) is 0 Å². The van der Waals surface area contributed by atoms with E-state index >= 15 is 0 Å². The van der Waals surface area contributed by atoms with Crippen molar-refractivity contribution in [1.29, 1.82) is 0 Å². The minimum absolute atomic E-state index is 0.0153. The predicted octanol–water partition coefficient (Wildman–Crippen LogP) is 6.41. The maximum Gasteiger partial charge on any atom is 0.165 e. The molecule has 0 N–H and O–H groups in total. The molecule has 0 aliphatic carbocycles. The Morgan fingerprint density at radius 2 is 1.00 bits per heavy atom. The van der Waals surface area contributed by atoms with Crippen molar-refractivity contribution in [2.24, 2.45) is 0 Å². The lowest BCUT2D eigenvalue weighted by atomic mass is 9.99. The fourth-order valence-corrected chi connectivity index (χ4v) is 4.83. The normalized spacial score (nSPS) is 20.6. The Labute approximate surface area is 230 Å². The van der Waals surface area contributed by atoms with Crippen molar-refractivity contribution in [2.75, 3.05) is 6.61 Å². The molecule has 0 radical (unpaired) electrons. The third-order valence-electron chi connectivity index (χ3n) is 6.85. The second kappa shape index (κ2) is 14.0. The molecule has 39 heavy (non-hydrogen) atoms. The number of hydrogen-bond donors (Lipinski definition) is 0. The number of Topliss-reactive ketones (excluding diaryl/α,β-unsaturated/α-hetero) is 1. The van der Waals surface area contributed by atoms with Gasteiger partial charge in [-0.1, -0.05) is 121 Å². The molecule has 0 saturated carbocycles. The quantitative estimate of drug-likeness (QED) is 0.190. The molecule has 0 amide bonds. The van der Waals surface area contributed by atoms with Crippen LogP contribution in [0.5, 0.6) is 0 Å². The van der Waals surface area contributed by atoms with E-state index in [0.29, 0.717) is 32.0 Å². The van der Waals surface area contributed by atoms with Crippen molar-refractivity contribution in [2.45, 2.75) is 50.7 Å². The molecule has 0 unspecified atom stereocenters. The standard InChI is InChI=1S/C34H34O5/c35-30(29-19-11-4-12-20-29)21-31-33(37-23-27-15-7-2-8-16-27)34(38-24-28-17-9-3-10-18-28)32(39-31)25-36-22-26-13-5-1-6-14-26/h1-20,31-34H,21-25H2/t31-,32+,33+,34+/m0/s1. The van der Waals surface area contributed by atoms with Crippen LogP contribution in [-0.2, 0) is 38.8 Å². The lowest BCUT2D eigenvalue weighted by Gasteiger charge is -2.25. The molecular formula is C34H34O5. The van der Waals surface area contributed by atoms with Gasteiger partial charge in [-0.25, -0.2) is 0 Å². The average molecular weight is 523 g/mol. The molecule has 4 aromatic rings. The highest BCUT2D eigenvalue weighted by Crippen LogP contribution is 2.31. The smallest absolute Gasteiger partial charge is 0.165 e. The van der Waals surface area contributed by atoms with E-state index in [1.165, 1.54) is 0 Å². The molecule has 1 saturated heterocycles. The number of ketones is 1. The average Bonchev–Trinajstić information content (AvgIpc) is 3.32. The summed E-state index contributed by atoms with van der Waals surface area (Å²) in [5.74, 6) is 0.0153. The largest absolute Gasteiger partial charge is 0.374 e. The van der Waals surface area contributed by atoms with Crippen molar-refractivity contribution in [3.8, 4) is 0 Å². The van der Waals surface area contributed by atoms with Gasteiger partial charge in [0, 0.05) is 12.0 Å². The Kier molecular flexibility index (Phi) is 9.66. The van der Waals surface area contributed by atoms with E-state index in [-0.39, 0.29) is 18.3 Å². The summed E-state index contributed by atoms with van der Waals surface area (Å²) < 4.78 is 25.5. The van der Waals surface area contributed by atoms with Gasteiger partial charge in [0.15, 0.2) is 5.78 Å². The van der Waals surface area contributed by atoms with Crippen LogP contribution in [0.3, 0.4) is 0 Å². The summed E-state index contributed by atoms with van der Waals surface area (Å²) in [5.41, 5.74) is 3.86. The summed E-state index contributed by atoms with van der Waals surface area (Å²) in [6.07, 6.45) is -1.49. The molecule has 1 aliphatic rings. The highest BCUT2D eigenvalue weighted by Gasteiger charge is 2.47. The molecule has 200 valence electrons. The van der Waals surface area contributed by atoms with Gasteiger partial charge >= 0.3 is 0 Å². The van der Waals surface area contributed by atoms with Crippen molar-refractivity contribution in [1.82, 2.24) is 0 Å². The van der Waals surface area contributed by atoms with Crippen LogP contribution in [0, 0.1) is 0 Å². The Bertz CT molecular complexity index is 1260. The van der Waals surface area contributed by atoms with Crippen LogP contribution >= 0.6 is 0 Å². The van der Waals surface area contributed by atoms with Gasteiger partial charge in [0.1, 0.15) is 18.3 Å². The van der Waals surface area contributed by atoms with Gasteiger partial charge in [-0.2, -0.15) is 0 Å². The van der Waals surface area contributed by atoms with Crippen LogP contribution in [0.2, 0.25) is 0 Å². The zero-order valence-electron chi connectivity index (χ0n) is 21.9. The van der Waals surface area contributed by atoms with E-state index in [1.807, 2.05) is 121 Å². The Hall–Kier alpha value is -3.61. The maximum absolute atomic E-state index is 13.2. The number of carbonyl (C=O) groups is 1.